The summed E-state index contributed by atoms with van der Waals surface area (Å²) in [4.78, 5) is 32.2. The monoisotopic (exact) mass is 483 g/mol. The Morgan fingerprint density at radius 1 is 1.09 bits per heavy atom. The molecule has 0 bridgehead atoms. The van der Waals surface area contributed by atoms with Crippen LogP contribution in [0.5, 0.6) is 5.75 Å². The molecule has 6 nitrogen and oxygen atoms in total. The average molecular weight is 484 g/mol. The van der Waals surface area contributed by atoms with E-state index >= 15 is 0 Å². The molecule has 3 aromatic carbocycles. The highest BCUT2D eigenvalue weighted by atomic mass is 32.1. The standard InChI is InChI=1S/C28H25N3O3S/c1-18-8-6-7-11-22(18)29-26(32)16-31-24-15-21(12-13-25(24)34-19(2)28(31)33)23-17-35-27(30-23)14-20-9-4-3-5-10-20/h3-13,15,17,19H,14,16H2,1-2H3,(H,29,32). The minimum absolute atomic E-state index is 0.104. The summed E-state index contributed by atoms with van der Waals surface area (Å²) in [5.74, 6) is 0.0545. The number of thiazole rings is 1. The third kappa shape index (κ3) is 4.95. The Hall–Kier alpha value is -3.97. The highest BCUT2D eigenvalue weighted by molar-refractivity contribution is 7.10. The summed E-state index contributed by atoms with van der Waals surface area (Å²) < 4.78 is 5.83. The van der Waals surface area contributed by atoms with Crippen molar-refractivity contribution in [3.63, 3.8) is 0 Å². The van der Waals surface area contributed by atoms with Gasteiger partial charge in [-0.05, 0) is 49.2 Å². The minimum Gasteiger partial charge on any atom is -0.479 e. The van der Waals surface area contributed by atoms with Crippen molar-refractivity contribution < 1.29 is 14.3 Å². The van der Waals surface area contributed by atoms with E-state index in [2.05, 4.69) is 17.4 Å². The van der Waals surface area contributed by atoms with Crippen molar-refractivity contribution in [2.24, 2.45) is 0 Å². The Morgan fingerprint density at radius 3 is 2.66 bits per heavy atom. The SMILES string of the molecule is Cc1ccccc1NC(=O)CN1C(=O)C(C)Oc2ccc(-c3csc(Cc4ccccc4)n3)cc21. The van der Waals surface area contributed by atoms with Gasteiger partial charge >= 0.3 is 0 Å². The lowest BCUT2D eigenvalue weighted by atomic mass is 10.1. The van der Waals surface area contributed by atoms with E-state index in [9.17, 15) is 9.59 Å². The number of aryl methyl sites for hydroxylation is 1. The molecule has 2 heterocycles. The van der Waals surface area contributed by atoms with Crippen LogP contribution in [0.3, 0.4) is 0 Å². The molecule has 4 aromatic rings. The van der Waals surface area contributed by atoms with Gasteiger partial charge < -0.3 is 10.1 Å². The summed E-state index contributed by atoms with van der Waals surface area (Å²) in [6, 6.07) is 23.4. The number of hydrogen-bond donors (Lipinski definition) is 1. The molecule has 2 amide bonds. The van der Waals surface area contributed by atoms with Gasteiger partial charge in [0.1, 0.15) is 12.3 Å². The number of rotatable bonds is 6. The van der Waals surface area contributed by atoms with Gasteiger partial charge in [-0.2, -0.15) is 0 Å². The number of benzene rings is 3. The first-order chi connectivity index (χ1) is 17.0. The molecular formula is C28H25N3O3S. The lowest BCUT2D eigenvalue weighted by Crippen LogP contribution is -2.47. The van der Waals surface area contributed by atoms with Crippen LogP contribution in [-0.2, 0) is 16.0 Å². The highest BCUT2D eigenvalue weighted by Gasteiger charge is 2.33. The van der Waals surface area contributed by atoms with E-state index in [0.29, 0.717) is 11.4 Å². The fraction of sp³-hybridized carbons (Fsp3) is 0.179. The maximum atomic E-state index is 13.0. The van der Waals surface area contributed by atoms with Gasteiger partial charge in [0, 0.05) is 23.1 Å². The third-order valence-corrected chi connectivity index (χ3v) is 6.78. The van der Waals surface area contributed by atoms with Crippen LogP contribution in [0.4, 0.5) is 11.4 Å². The summed E-state index contributed by atoms with van der Waals surface area (Å²) in [7, 11) is 0. The van der Waals surface area contributed by atoms with Crippen molar-refractivity contribution >= 4 is 34.5 Å². The summed E-state index contributed by atoms with van der Waals surface area (Å²) in [6.45, 7) is 3.52. The molecule has 5 rings (SSSR count). The summed E-state index contributed by atoms with van der Waals surface area (Å²) in [6.07, 6.45) is 0.0946. The average Bonchev–Trinajstić information content (AvgIpc) is 3.32. The molecule has 1 N–H and O–H groups in total. The Morgan fingerprint density at radius 2 is 1.86 bits per heavy atom. The maximum Gasteiger partial charge on any atom is 0.268 e. The molecular weight excluding hydrogens is 458 g/mol. The fourth-order valence-electron chi connectivity index (χ4n) is 4.07. The highest BCUT2D eigenvalue weighted by Crippen LogP contribution is 2.38. The molecule has 0 saturated carbocycles. The van der Waals surface area contributed by atoms with Crippen molar-refractivity contribution in [1.82, 2.24) is 4.98 Å². The maximum absolute atomic E-state index is 13.0. The van der Waals surface area contributed by atoms with Crippen LogP contribution < -0.4 is 15.0 Å². The van der Waals surface area contributed by atoms with E-state index in [1.807, 2.05) is 73.0 Å². The third-order valence-electron chi connectivity index (χ3n) is 5.93. The van der Waals surface area contributed by atoms with Crippen molar-refractivity contribution in [3.8, 4) is 17.0 Å². The van der Waals surface area contributed by atoms with E-state index in [1.54, 1.807) is 18.3 Å². The smallest absolute Gasteiger partial charge is 0.268 e. The second kappa shape index (κ2) is 9.72. The number of carbonyl (C=O) groups excluding carboxylic acids is 2. The molecule has 0 spiro atoms. The predicted octanol–water partition coefficient (Wildman–Crippen LogP) is 5.46. The van der Waals surface area contributed by atoms with E-state index in [4.69, 9.17) is 9.72 Å². The molecule has 35 heavy (non-hydrogen) atoms. The molecule has 1 unspecified atom stereocenters. The Kier molecular flexibility index (Phi) is 6.33. The topological polar surface area (TPSA) is 71.5 Å². The molecule has 0 radical (unpaired) electrons. The first-order valence-corrected chi connectivity index (χ1v) is 12.3. The molecule has 1 aliphatic heterocycles. The summed E-state index contributed by atoms with van der Waals surface area (Å²) in [5.41, 5.74) is 5.17. The van der Waals surface area contributed by atoms with Crippen LogP contribution in [0.25, 0.3) is 11.3 Å². The molecule has 7 heteroatoms. The number of nitrogens with one attached hydrogen (secondary N) is 1. The zero-order valence-electron chi connectivity index (χ0n) is 19.5. The molecule has 1 aliphatic rings. The lowest BCUT2D eigenvalue weighted by Gasteiger charge is -2.33. The van der Waals surface area contributed by atoms with E-state index in [-0.39, 0.29) is 18.4 Å². The van der Waals surface area contributed by atoms with Gasteiger partial charge in [-0.25, -0.2) is 4.98 Å². The van der Waals surface area contributed by atoms with E-state index < -0.39 is 6.10 Å². The number of hydrogen-bond acceptors (Lipinski definition) is 5. The zero-order chi connectivity index (χ0) is 24.4. The van der Waals surface area contributed by atoms with Gasteiger partial charge in [-0.3, -0.25) is 14.5 Å². The van der Waals surface area contributed by atoms with Gasteiger partial charge in [0.15, 0.2) is 6.10 Å². The van der Waals surface area contributed by atoms with Crippen LogP contribution in [0.15, 0.2) is 78.2 Å². The molecule has 1 atom stereocenters. The van der Waals surface area contributed by atoms with Gasteiger partial charge in [0.2, 0.25) is 5.91 Å². The van der Waals surface area contributed by atoms with Crippen LogP contribution in [0.1, 0.15) is 23.1 Å². The second-order valence-electron chi connectivity index (χ2n) is 8.52. The first-order valence-electron chi connectivity index (χ1n) is 11.4. The van der Waals surface area contributed by atoms with E-state index in [0.717, 1.165) is 33.9 Å². The largest absolute Gasteiger partial charge is 0.479 e. The Balaban J connectivity index is 1.39. The molecule has 1 aromatic heterocycles. The van der Waals surface area contributed by atoms with Gasteiger partial charge in [0.05, 0.1) is 16.4 Å². The lowest BCUT2D eigenvalue weighted by molar-refractivity contribution is -0.127. The van der Waals surface area contributed by atoms with Crippen LogP contribution in [-0.4, -0.2) is 29.4 Å². The van der Waals surface area contributed by atoms with Crippen molar-refractivity contribution in [2.45, 2.75) is 26.4 Å². The van der Waals surface area contributed by atoms with Crippen LogP contribution >= 0.6 is 11.3 Å². The van der Waals surface area contributed by atoms with Crippen molar-refractivity contribution in [2.75, 3.05) is 16.8 Å². The Labute approximate surface area is 208 Å². The van der Waals surface area contributed by atoms with Crippen LogP contribution in [0, 0.1) is 6.92 Å². The van der Waals surface area contributed by atoms with Gasteiger partial charge in [0.25, 0.3) is 5.91 Å². The van der Waals surface area contributed by atoms with E-state index in [1.165, 1.54) is 10.5 Å². The molecule has 0 saturated heterocycles. The molecule has 0 aliphatic carbocycles. The quantitative estimate of drug-likeness (QED) is 0.395. The first kappa shape index (κ1) is 22.8. The number of carbonyl (C=O) groups is 2. The number of nitrogens with zero attached hydrogens (tertiary/aromatic N) is 2. The predicted molar refractivity (Wildman–Crippen MR) is 139 cm³/mol. The molecule has 176 valence electrons. The number of fused-ring (bicyclic) bond motifs is 1. The normalized spacial score (nSPS) is 14.9. The number of anilines is 2. The summed E-state index contributed by atoms with van der Waals surface area (Å²) >= 11 is 1.60. The van der Waals surface area contributed by atoms with Crippen LogP contribution in [0.2, 0.25) is 0 Å². The second-order valence-corrected chi connectivity index (χ2v) is 9.46. The fourth-order valence-corrected chi connectivity index (χ4v) is 4.91. The van der Waals surface area contributed by atoms with Gasteiger partial charge in [-0.15, -0.1) is 11.3 Å². The van der Waals surface area contributed by atoms with Crippen molar-refractivity contribution in [3.05, 3.63) is 94.3 Å². The number of ether oxygens (including phenoxy) is 1. The number of para-hydroxylation sites is 1. The zero-order valence-corrected chi connectivity index (χ0v) is 20.3. The molecule has 0 fully saturated rings. The summed E-state index contributed by atoms with van der Waals surface area (Å²) in [5, 5.41) is 5.94. The Bertz CT molecular complexity index is 1380. The number of amides is 2. The van der Waals surface area contributed by atoms with Crippen molar-refractivity contribution in [1.29, 1.82) is 0 Å². The van der Waals surface area contributed by atoms with Gasteiger partial charge in [-0.1, -0.05) is 48.5 Å². The number of aromatic nitrogens is 1. The minimum atomic E-state index is -0.670.